The Morgan fingerprint density at radius 1 is 1.47 bits per heavy atom. The largest absolute Gasteiger partial charge is 0.376 e. The molecule has 0 bridgehead atoms. The van der Waals surface area contributed by atoms with Gasteiger partial charge in [0.2, 0.25) is 0 Å². The lowest BCUT2D eigenvalue weighted by Crippen LogP contribution is -2.33. The maximum Gasteiger partial charge on any atom is 0.0988 e. The van der Waals surface area contributed by atoms with Gasteiger partial charge in [0.25, 0.3) is 0 Å². The lowest BCUT2D eigenvalue weighted by Gasteiger charge is -2.24. The summed E-state index contributed by atoms with van der Waals surface area (Å²) < 4.78 is 13.3. The molecule has 2 saturated heterocycles. The van der Waals surface area contributed by atoms with Crippen molar-refractivity contribution in [3.63, 3.8) is 0 Å². The van der Waals surface area contributed by atoms with Gasteiger partial charge in [0.05, 0.1) is 44.5 Å². The quantitative estimate of drug-likeness (QED) is 0.841. The second-order valence-electron chi connectivity index (χ2n) is 4.69. The van der Waals surface area contributed by atoms with E-state index in [0.29, 0.717) is 19.3 Å². The Kier molecular flexibility index (Phi) is 3.40. The summed E-state index contributed by atoms with van der Waals surface area (Å²) in [4.78, 5) is 4.26. The second kappa shape index (κ2) is 5.16. The van der Waals surface area contributed by atoms with Crippen molar-refractivity contribution in [1.82, 2.24) is 14.9 Å². The van der Waals surface area contributed by atoms with Gasteiger partial charge in [-0.15, -0.1) is 0 Å². The van der Waals surface area contributed by atoms with Crippen LogP contribution in [-0.2, 0) is 16.0 Å². The minimum Gasteiger partial charge on any atom is -0.376 e. The molecule has 2 aliphatic heterocycles. The van der Waals surface area contributed by atoms with Crippen LogP contribution >= 0.6 is 0 Å². The zero-order valence-corrected chi connectivity index (χ0v) is 9.97. The van der Waals surface area contributed by atoms with Crippen LogP contribution in [0.15, 0.2) is 12.5 Å². The smallest absolute Gasteiger partial charge is 0.0988 e. The van der Waals surface area contributed by atoms with E-state index in [-0.39, 0.29) is 6.10 Å². The van der Waals surface area contributed by atoms with Crippen molar-refractivity contribution in [1.29, 1.82) is 0 Å². The van der Waals surface area contributed by atoms with Crippen molar-refractivity contribution in [2.45, 2.75) is 31.5 Å². The van der Waals surface area contributed by atoms with Gasteiger partial charge in [0.15, 0.2) is 0 Å². The SMILES string of the molecule is c1ncn(CC2COCCO2)c1C1CCCN1. The van der Waals surface area contributed by atoms with E-state index >= 15 is 0 Å². The van der Waals surface area contributed by atoms with Gasteiger partial charge in [0.1, 0.15) is 0 Å². The van der Waals surface area contributed by atoms with Crippen LogP contribution in [0.4, 0.5) is 0 Å². The minimum atomic E-state index is 0.165. The maximum atomic E-state index is 5.67. The van der Waals surface area contributed by atoms with Gasteiger partial charge in [-0.3, -0.25) is 0 Å². The van der Waals surface area contributed by atoms with Crippen LogP contribution in [0.2, 0.25) is 0 Å². The predicted molar refractivity (Wildman–Crippen MR) is 62.8 cm³/mol. The van der Waals surface area contributed by atoms with Crippen molar-refractivity contribution in [2.24, 2.45) is 0 Å². The predicted octanol–water partition coefficient (Wildman–Crippen LogP) is 0.723. The molecule has 5 heteroatoms. The molecule has 1 aromatic heterocycles. The molecule has 2 atom stereocenters. The average molecular weight is 237 g/mol. The fraction of sp³-hybridized carbons (Fsp3) is 0.750. The van der Waals surface area contributed by atoms with E-state index in [1.54, 1.807) is 0 Å². The van der Waals surface area contributed by atoms with E-state index in [4.69, 9.17) is 9.47 Å². The molecule has 0 radical (unpaired) electrons. The zero-order valence-electron chi connectivity index (χ0n) is 9.97. The van der Waals surface area contributed by atoms with Gasteiger partial charge < -0.3 is 19.4 Å². The topological polar surface area (TPSA) is 48.3 Å². The molecule has 5 nitrogen and oxygen atoms in total. The summed E-state index contributed by atoms with van der Waals surface area (Å²) >= 11 is 0. The fourth-order valence-corrected chi connectivity index (χ4v) is 2.57. The van der Waals surface area contributed by atoms with Gasteiger partial charge in [-0.2, -0.15) is 0 Å². The first-order valence-corrected chi connectivity index (χ1v) is 6.36. The Balaban J connectivity index is 1.67. The summed E-state index contributed by atoms with van der Waals surface area (Å²) in [5, 5.41) is 3.50. The third-order valence-electron chi connectivity index (χ3n) is 3.45. The highest BCUT2D eigenvalue weighted by Gasteiger charge is 2.22. The van der Waals surface area contributed by atoms with E-state index in [2.05, 4.69) is 14.9 Å². The van der Waals surface area contributed by atoms with Crippen molar-refractivity contribution < 1.29 is 9.47 Å². The van der Waals surface area contributed by atoms with Crippen LogP contribution in [0.1, 0.15) is 24.6 Å². The van der Waals surface area contributed by atoms with E-state index in [0.717, 1.165) is 19.7 Å². The first kappa shape index (κ1) is 11.2. The molecule has 17 heavy (non-hydrogen) atoms. The summed E-state index contributed by atoms with van der Waals surface area (Å²) in [7, 11) is 0. The highest BCUT2D eigenvalue weighted by atomic mass is 16.6. The minimum absolute atomic E-state index is 0.165. The molecule has 0 amide bonds. The molecular weight excluding hydrogens is 218 g/mol. The lowest BCUT2D eigenvalue weighted by molar-refractivity contribution is -0.0938. The average Bonchev–Trinajstić information content (AvgIpc) is 3.00. The molecular formula is C12H19N3O2. The zero-order chi connectivity index (χ0) is 11.5. The maximum absolute atomic E-state index is 5.67. The monoisotopic (exact) mass is 237 g/mol. The van der Waals surface area contributed by atoms with Crippen molar-refractivity contribution in [3.05, 3.63) is 18.2 Å². The molecule has 0 saturated carbocycles. The van der Waals surface area contributed by atoms with Gasteiger partial charge in [-0.1, -0.05) is 0 Å². The van der Waals surface area contributed by atoms with E-state index < -0.39 is 0 Å². The number of rotatable bonds is 3. The number of aromatic nitrogens is 2. The Bertz CT molecular complexity index is 354. The third kappa shape index (κ3) is 2.51. The first-order chi connectivity index (χ1) is 8.43. The number of nitrogens with zero attached hydrogens (tertiary/aromatic N) is 2. The Morgan fingerprint density at radius 3 is 3.24 bits per heavy atom. The number of nitrogens with one attached hydrogen (secondary N) is 1. The number of hydrogen-bond donors (Lipinski definition) is 1. The molecule has 0 aliphatic carbocycles. The molecule has 94 valence electrons. The summed E-state index contributed by atoms with van der Waals surface area (Å²) in [5.41, 5.74) is 1.27. The highest BCUT2D eigenvalue weighted by Crippen LogP contribution is 2.23. The fourth-order valence-electron chi connectivity index (χ4n) is 2.57. The third-order valence-corrected chi connectivity index (χ3v) is 3.45. The molecule has 2 aliphatic rings. The van der Waals surface area contributed by atoms with Crippen LogP contribution in [-0.4, -0.2) is 42.0 Å². The van der Waals surface area contributed by atoms with E-state index in [9.17, 15) is 0 Å². The summed E-state index contributed by atoms with van der Waals surface area (Å²) in [6.07, 6.45) is 6.48. The van der Waals surface area contributed by atoms with Crippen molar-refractivity contribution in [2.75, 3.05) is 26.4 Å². The van der Waals surface area contributed by atoms with Crippen LogP contribution in [0, 0.1) is 0 Å². The summed E-state index contributed by atoms with van der Waals surface area (Å²) in [6.45, 7) is 4.07. The molecule has 2 unspecified atom stereocenters. The molecule has 1 N–H and O–H groups in total. The Morgan fingerprint density at radius 2 is 2.47 bits per heavy atom. The van der Waals surface area contributed by atoms with Crippen LogP contribution in [0.3, 0.4) is 0 Å². The normalized spacial score (nSPS) is 29.6. The molecule has 2 fully saturated rings. The number of ether oxygens (including phenoxy) is 2. The van der Waals surface area contributed by atoms with Gasteiger partial charge in [-0.05, 0) is 19.4 Å². The van der Waals surface area contributed by atoms with Crippen LogP contribution in [0.5, 0.6) is 0 Å². The lowest BCUT2D eigenvalue weighted by atomic mass is 10.1. The van der Waals surface area contributed by atoms with Crippen molar-refractivity contribution in [3.8, 4) is 0 Å². The van der Waals surface area contributed by atoms with Gasteiger partial charge in [-0.25, -0.2) is 4.98 Å². The molecule has 1 aromatic rings. The molecule has 0 spiro atoms. The molecule has 0 aromatic carbocycles. The first-order valence-electron chi connectivity index (χ1n) is 6.36. The van der Waals surface area contributed by atoms with Crippen molar-refractivity contribution >= 4 is 0 Å². The number of hydrogen-bond acceptors (Lipinski definition) is 4. The van der Waals surface area contributed by atoms with Gasteiger partial charge in [0, 0.05) is 12.2 Å². The van der Waals surface area contributed by atoms with E-state index in [1.165, 1.54) is 18.5 Å². The van der Waals surface area contributed by atoms with E-state index in [1.807, 2.05) is 12.5 Å². The van der Waals surface area contributed by atoms with Crippen LogP contribution < -0.4 is 5.32 Å². The highest BCUT2D eigenvalue weighted by molar-refractivity contribution is 5.07. The second-order valence-corrected chi connectivity index (χ2v) is 4.69. The molecule has 3 rings (SSSR count). The summed E-state index contributed by atoms with van der Waals surface area (Å²) in [6, 6.07) is 0.460. The summed E-state index contributed by atoms with van der Waals surface area (Å²) in [5.74, 6) is 0. The Hall–Kier alpha value is -0.910. The molecule has 3 heterocycles. The standard InChI is InChI=1S/C12H19N3O2/c1-2-11(14-3-1)12-6-13-9-15(12)7-10-8-16-4-5-17-10/h6,9-11,14H,1-5,7-8H2. The number of imidazole rings is 1. The van der Waals surface area contributed by atoms with Crippen LogP contribution in [0.25, 0.3) is 0 Å². The Labute approximate surface area is 101 Å². The van der Waals surface area contributed by atoms with Gasteiger partial charge >= 0.3 is 0 Å².